The second-order valence-electron chi connectivity index (χ2n) is 4.75. The van der Waals surface area contributed by atoms with Crippen molar-refractivity contribution in [1.82, 2.24) is 14.7 Å². The van der Waals surface area contributed by atoms with Crippen molar-refractivity contribution in [3.63, 3.8) is 0 Å². The fourth-order valence-corrected chi connectivity index (χ4v) is 2.75. The van der Waals surface area contributed by atoms with Crippen molar-refractivity contribution in [2.24, 2.45) is 0 Å². The fraction of sp³-hybridized carbons (Fsp3) is 0.667. The van der Waals surface area contributed by atoms with Gasteiger partial charge in [-0.05, 0) is 19.3 Å². The van der Waals surface area contributed by atoms with Gasteiger partial charge in [0.1, 0.15) is 5.02 Å². The third-order valence-corrected chi connectivity index (χ3v) is 3.79. The molecule has 1 amide bonds. The summed E-state index contributed by atoms with van der Waals surface area (Å²) in [5, 5.41) is 4.66. The highest BCUT2D eigenvalue weighted by Gasteiger charge is 2.28. The van der Waals surface area contributed by atoms with Crippen molar-refractivity contribution < 1.29 is 9.53 Å². The number of fused-ring (bicyclic) bond motifs is 1. The van der Waals surface area contributed by atoms with E-state index in [1.165, 1.54) is 6.42 Å². The molecule has 0 unspecified atom stereocenters. The molecule has 0 bridgehead atoms. The van der Waals surface area contributed by atoms with E-state index in [1.54, 1.807) is 4.68 Å². The Morgan fingerprint density at radius 1 is 1.17 bits per heavy atom. The van der Waals surface area contributed by atoms with Crippen molar-refractivity contribution in [2.75, 3.05) is 19.7 Å². The van der Waals surface area contributed by atoms with Crippen LogP contribution in [0.2, 0.25) is 5.02 Å². The number of carbonyl (C=O) groups excluding carboxylic acids is 1. The number of nitrogens with zero attached hydrogens (tertiary/aromatic N) is 3. The largest absolute Gasteiger partial charge is 0.477 e. The van der Waals surface area contributed by atoms with Gasteiger partial charge in [-0.3, -0.25) is 4.79 Å². The second-order valence-corrected chi connectivity index (χ2v) is 5.12. The van der Waals surface area contributed by atoms with Gasteiger partial charge in [0.15, 0.2) is 5.69 Å². The third kappa shape index (κ3) is 1.96. The number of likely N-dealkylation sites (tertiary alicyclic amines) is 1. The standard InChI is InChI=1S/C12H16ClN3O2/c13-9-10(11(17)15-5-2-1-3-6-15)14-16-7-4-8-18-12(9)16/h1-8H2. The lowest BCUT2D eigenvalue weighted by Crippen LogP contribution is -2.36. The van der Waals surface area contributed by atoms with Crippen LogP contribution in [-0.4, -0.2) is 40.3 Å². The van der Waals surface area contributed by atoms with Gasteiger partial charge in [-0.1, -0.05) is 11.6 Å². The van der Waals surface area contributed by atoms with Crippen LogP contribution in [0.3, 0.4) is 0 Å². The Kier molecular flexibility index (Phi) is 3.16. The van der Waals surface area contributed by atoms with Gasteiger partial charge in [0, 0.05) is 26.1 Å². The molecule has 1 aromatic heterocycles. The molecule has 0 atom stereocenters. The first-order valence-electron chi connectivity index (χ1n) is 6.46. The van der Waals surface area contributed by atoms with Crippen LogP contribution in [0.25, 0.3) is 0 Å². The lowest BCUT2D eigenvalue weighted by Gasteiger charge is -2.25. The van der Waals surface area contributed by atoms with Gasteiger partial charge in [0.05, 0.1) is 6.61 Å². The summed E-state index contributed by atoms with van der Waals surface area (Å²) in [5.41, 5.74) is 0.343. The zero-order valence-corrected chi connectivity index (χ0v) is 10.9. The lowest BCUT2D eigenvalue weighted by molar-refractivity contribution is 0.0717. The maximum atomic E-state index is 12.3. The van der Waals surface area contributed by atoms with E-state index in [1.807, 2.05) is 4.90 Å². The first-order chi connectivity index (χ1) is 8.77. The Morgan fingerprint density at radius 2 is 1.94 bits per heavy atom. The Morgan fingerprint density at radius 3 is 2.67 bits per heavy atom. The van der Waals surface area contributed by atoms with Gasteiger partial charge in [0.2, 0.25) is 5.88 Å². The van der Waals surface area contributed by atoms with Crippen LogP contribution >= 0.6 is 11.6 Å². The van der Waals surface area contributed by atoms with Gasteiger partial charge >= 0.3 is 0 Å². The molecular weight excluding hydrogens is 254 g/mol. The average Bonchev–Trinajstić information content (AvgIpc) is 2.77. The summed E-state index contributed by atoms with van der Waals surface area (Å²) in [6.07, 6.45) is 4.23. The van der Waals surface area contributed by atoms with E-state index in [9.17, 15) is 4.79 Å². The molecule has 1 saturated heterocycles. The molecule has 2 aliphatic rings. The smallest absolute Gasteiger partial charge is 0.276 e. The summed E-state index contributed by atoms with van der Waals surface area (Å²) >= 11 is 6.20. The molecule has 18 heavy (non-hydrogen) atoms. The minimum atomic E-state index is -0.0646. The van der Waals surface area contributed by atoms with Crippen LogP contribution < -0.4 is 4.74 Å². The number of aryl methyl sites for hydroxylation is 1. The molecule has 3 rings (SSSR count). The number of halogens is 1. The van der Waals surface area contributed by atoms with Gasteiger partial charge in [-0.15, -0.1) is 0 Å². The molecule has 1 aromatic rings. The molecule has 0 aliphatic carbocycles. The predicted octanol–water partition coefficient (Wildman–Crippen LogP) is 1.95. The zero-order valence-electron chi connectivity index (χ0n) is 10.2. The highest BCUT2D eigenvalue weighted by molar-refractivity contribution is 6.34. The van der Waals surface area contributed by atoms with Crippen LogP contribution in [0.1, 0.15) is 36.2 Å². The number of piperidine rings is 1. The summed E-state index contributed by atoms with van der Waals surface area (Å²) in [6, 6.07) is 0. The zero-order chi connectivity index (χ0) is 12.5. The van der Waals surface area contributed by atoms with E-state index >= 15 is 0 Å². The Hall–Kier alpha value is -1.23. The van der Waals surface area contributed by atoms with Crippen LogP contribution in [0.15, 0.2) is 0 Å². The molecular formula is C12H16ClN3O2. The monoisotopic (exact) mass is 269 g/mol. The molecule has 0 radical (unpaired) electrons. The topological polar surface area (TPSA) is 47.4 Å². The molecule has 1 fully saturated rings. The molecule has 0 aromatic carbocycles. The fourth-order valence-electron chi connectivity index (χ4n) is 2.48. The second kappa shape index (κ2) is 4.80. The van der Waals surface area contributed by atoms with Crippen LogP contribution in [0, 0.1) is 0 Å². The van der Waals surface area contributed by atoms with Gasteiger partial charge in [-0.25, -0.2) is 4.68 Å². The van der Waals surface area contributed by atoms with Gasteiger partial charge in [-0.2, -0.15) is 5.10 Å². The maximum Gasteiger partial charge on any atom is 0.276 e. The molecule has 2 aliphatic heterocycles. The number of rotatable bonds is 1. The Bertz CT molecular complexity index is 466. The number of ether oxygens (including phenoxy) is 1. The number of amides is 1. The van der Waals surface area contributed by atoms with Crippen LogP contribution in [0.5, 0.6) is 5.88 Å². The number of hydrogen-bond acceptors (Lipinski definition) is 3. The quantitative estimate of drug-likeness (QED) is 0.783. The maximum absolute atomic E-state index is 12.3. The summed E-state index contributed by atoms with van der Waals surface area (Å²) < 4.78 is 7.17. The average molecular weight is 270 g/mol. The van der Waals surface area contributed by atoms with Crippen LogP contribution in [-0.2, 0) is 6.54 Å². The van der Waals surface area contributed by atoms with E-state index < -0.39 is 0 Å². The SMILES string of the molecule is O=C(c1nn2c(c1Cl)OCCC2)N1CCCCC1. The minimum absolute atomic E-state index is 0.0646. The highest BCUT2D eigenvalue weighted by atomic mass is 35.5. The van der Waals surface area contributed by atoms with Crippen molar-refractivity contribution in [1.29, 1.82) is 0 Å². The summed E-state index contributed by atoms with van der Waals surface area (Å²) in [5.74, 6) is 0.480. The molecule has 0 spiro atoms. The Balaban J connectivity index is 1.87. The summed E-state index contributed by atoms with van der Waals surface area (Å²) in [7, 11) is 0. The minimum Gasteiger partial charge on any atom is -0.477 e. The highest BCUT2D eigenvalue weighted by Crippen LogP contribution is 2.31. The van der Waals surface area contributed by atoms with E-state index in [2.05, 4.69) is 5.10 Å². The van der Waals surface area contributed by atoms with Crippen molar-refractivity contribution in [3.05, 3.63) is 10.7 Å². The Labute approximate surface area is 111 Å². The van der Waals surface area contributed by atoms with E-state index in [0.29, 0.717) is 23.2 Å². The summed E-state index contributed by atoms with van der Waals surface area (Å²) in [6.45, 7) is 3.02. The number of aromatic nitrogens is 2. The van der Waals surface area contributed by atoms with E-state index in [0.717, 1.165) is 38.9 Å². The van der Waals surface area contributed by atoms with E-state index in [-0.39, 0.29) is 5.91 Å². The molecule has 0 N–H and O–H groups in total. The normalized spacial score (nSPS) is 19.3. The molecule has 6 heteroatoms. The van der Waals surface area contributed by atoms with Gasteiger partial charge < -0.3 is 9.64 Å². The predicted molar refractivity (Wildman–Crippen MR) is 67.1 cm³/mol. The molecule has 98 valence electrons. The number of hydrogen-bond donors (Lipinski definition) is 0. The molecule has 5 nitrogen and oxygen atoms in total. The first kappa shape index (κ1) is 11.8. The van der Waals surface area contributed by atoms with E-state index in [4.69, 9.17) is 16.3 Å². The van der Waals surface area contributed by atoms with Crippen LogP contribution in [0.4, 0.5) is 0 Å². The molecule has 0 saturated carbocycles. The van der Waals surface area contributed by atoms with Crippen molar-refractivity contribution >= 4 is 17.5 Å². The lowest BCUT2D eigenvalue weighted by atomic mass is 10.1. The van der Waals surface area contributed by atoms with Gasteiger partial charge in [0.25, 0.3) is 5.91 Å². The number of carbonyl (C=O) groups is 1. The van der Waals surface area contributed by atoms with Crippen molar-refractivity contribution in [3.8, 4) is 5.88 Å². The van der Waals surface area contributed by atoms with Crippen molar-refractivity contribution in [2.45, 2.75) is 32.2 Å². The third-order valence-electron chi connectivity index (χ3n) is 3.45. The summed E-state index contributed by atoms with van der Waals surface area (Å²) in [4.78, 5) is 14.2. The molecule has 3 heterocycles. The first-order valence-corrected chi connectivity index (χ1v) is 6.83.